The Morgan fingerprint density at radius 3 is 2.58 bits per heavy atom. The molecule has 1 fully saturated rings. The number of carbonyl (C=O) groups is 2. The van der Waals surface area contributed by atoms with Crippen LogP contribution >= 0.6 is 0 Å². The van der Waals surface area contributed by atoms with Gasteiger partial charge in [-0.2, -0.15) is 0 Å². The Labute approximate surface area is 114 Å². The molecule has 1 heterocycles. The largest absolute Gasteiger partial charge is 0.453 e. The number of nitrogens with zero attached hydrogens (tertiary/aromatic N) is 1. The van der Waals surface area contributed by atoms with Crippen molar-refractivity contribution in [1.29, 1.82) is 0 Å². The summed E-state index contributed by atoms with van der Waals surface area (Å²) in [5.74, 6) is 0.0545. The minimum absolute atomic E-state index is 0.0563. The molecule has 0 saturated carbocycles. The van der Waals surface area contributed by atoms with E-state index in [2.05, 4.69) is 10.1 Å². The standard InChI is InChI=1S/C13H24N2O4/c1-4-7-15(2)12(16)11(14-13(17)18-3)10-5-8-19-9-6-10/h10-11H,4-9H2,1-3H3,(H,14,17). The van der Waals surface area contributed by atoms with E-state index in [1.54, 1.807) is 11.9 Å². The highest BCUT2D eigenvalue weighted by molar-refractivity contribution is 5.85. The van der Waals surface area contributed by atoms with Crippen LogP contribution in [0.25, 0.3) is 0 Å². The molecule has 19 heavy (non-hydrogen) atoms. The van der Waals surface area contributed by atoms with Crippen molar-refractivity contribution in [2.45, 2.75) is 32.2 Å². The Kier molecular flexibility index (Phi) is 6.62. The summed E-state index contributed by atoms with van der Waals surface area (Å²) in [5, 5.41) is 2.67. The van der Waals surface area contributed by atoms with Crippen LogP contribution in [0.5, 0.6) is 0 Å². The quantitative estimate of drug-likeness (QED) is 0.811. The van der Waals surface area contributed by atoms with Crippen LogP contribution in [0.1, 0.15) is 26.2 Å². The molecule has 110 valence electrons. The van der Waals surface area contributed by atoms with Gasteiger partial charge in [0.15, 0.2) is 0 Å². The predicted octanol–water partition coefficient (Wildman–Crippen LogP) is 1.01. The van der Waals surface area contributed by atoms with E-state index in [1.807, 2.05) is 6.92 Å². The summed E-state index contributed by atoms with van der Waals surface area (Å²) in [4.78, 5) is 25.5. The van der Waals surface area contributed by atoms with E-state index in [0.29, 0.717) is 19.8 Å². The second-order valence-electron chi connectivity index (χ2n) is 4.82. The molecule has 6 nitrogen and oxygen atoms in total. The van der Waals surface area contributed by atoms with Crippen molar-refractivity contribution in [3.63, 3.8) is 0 Å². The van der Waals surface area contributed by atoms with E-state index in [-0.39, 0.29) is 11.8 Å². The number of ether oxygens (including phenoxy) is 2. The average molecular weight is 272 g/mol. The van der Waals surface area contributed by atoms with Crippen LogP contribution in [0.3, 0.4) is 0 Å². The lowest BCUT2D eigenvalue weighted by molar-refractivity contribution is -0.134. The van der Waals surface area contributed by atoms with Gasteiger partial charge in [0, 0.05) is 26.8 Å². The Hall–Kier alpha value is -1.30. The van der Waals surface area contributed by atoms with Gasteiger partial charge in [0.2, 0.25) is 5.91 Å². The van der Waals surface area contributed by atoms with Gasteiger partial charge in [-0.25, -0.2) is 4.79 Å². The molecule has 1 N–H and O–H groups in total. The van der Waals surface area contributed by atoms with Crippen molar-refractivity contribution < 1.29 is 19.1 Å². The van der Waals surface area contributed by atoms with Gasteiger partial charge in [0.1, 0.15) is 6.04 Å². The van der Waals surface area contributed by atoms with Crippen molar-refractivity contribution in [3.8, 4) is 0 Å². The maximum atomic E-state index is 12.4. The van der Waals surface area contributed by atoms with Crippen molar-refractivity contribution >= 4 is 12.0 Å². The van der Waals surface area contributed by atoms with Crippen LogP contribution in [0, 0.1) is 5.92 Å². The maximum absolute atomic E-state index is 12.4. The summed E-state index contributed by atoms with van der Waals surface area (Å²) in [6.45, 7) is 3.96. The lowest BCUT2D eigenvalue weighted by atomic mass is 9.91. The second-order valence-corrected chi connectivity index (χ2v) is 4.82. The SMILES string of the molecule is CCCN(C)C(=O)C(NC(=O)OC)C1CCOCC1. The second kappa shape index (κ2) is 7.99. The summed E-state index contributed by atoms with van der Waals surface area (Å²) in [5.41, 5.74) is 0. The number of carbonyl (C=O) groups excluding carboxylic acids is 2. The number of alkyl carbamates (subject to hydrolysis) is 1. The zero-order valence-electron chi connectivity index (χ0n) is 12.0. The van der Waals surface area contributed by atoms with Crippen molar-refractivity contribution in [1.82, 2.24) is 10.2 Å². The molecule has 1 aliphatic rings. The van der Waals surface area contributed by atoms with Gasteiger partial charge in [-0.3, -0.25) is 4.79 Å². The molecule has 0 aromatic rings. The van der Waals surface area contributed by atoms with Crippen molar-refractivity contribution in [2.75, 3.05) is 33.9 Å². The predicted molar refractivity (Wildman–Crippen MR) is 70.8 cm³/mol. The molecule has 2 amide bonds. The van der Waals surface area contributed by atoms with Gasteiger partial charge in [-0.15, -0.1) is 0 Å². The zero-order valence-corrected chi connectivity index (χ0v) is 12.0. The fraction of sp³-hybridized carbons (Fsp3) is 0.846. The minimum atomic E-state index is -0.560. The van der Waals surface area contributed by atoms with E-state index in [1.165, 1.54) is 7.11 Å². The van der Waals surface area contributed by atoms with E-state index < -0.39 is 12.1 Å². The Bertz CT molecular complexity index is 303. The molecule has 1 aliphatic heterocycles. The van der Waals surface area contributed by atoms with Gasteiger partial charge in [-0.1, -0.05) is 6.92 Å². The number of methoxy groups -OCH3 is 1. The fourth-order valence-corrected chi connectivity index (χ4v) is 2.30. The number of amides is 2. The van der Waals surface area contributed by atoms with E-state index >= 15 is 0 Å². The third-order valence-corrected chi connectivity index (χ3v) is 3.40. The van der Waals surface area contributed by atoms with Crippen molar-refractivity contribution in [2.24, 2.45) is 5.92 Å². The van der Waals surface area contributed by atoms with E-state index in [0.717, 1.165) is 19.3 Å². The van der Waals surface area contributed by atoms with Crippen LogP contribution in [0.2, 0.25) is 0 Å². The number of hydrogen-bond donors (Lipinski definition) is 1. The molecule has 1 rings (SSSR count). The maximum Gasteiger partial charge on any atom is 0.407 e. The van der Waals surface area contributed by atoms with Crippen LogP contribution in [0.15, 0.2) is 0 Å². The van der Waals surface area contributed by atoms with Gasteiger partial charge < -0.3 is 19.7 Å². The number of rotatable bonds is 5. The van der Waals surface area contributed by atoms with E-state index in [9.17, 15) is 9.59 Å². The van der Waals surface area contributed by atoms with Crippen LogP contribution in [-0.4, -0.2) is 56.9 Å². The van der Waals surface area contributed by atoms with Crippen LogP contribution in [-0.2, 0) is 14.3 Å². The third-order valence-electron chi connectivity index (χ3n) is 3.40. The number of nitrogens with one attached hydrogen (secondary N) is 1. The summed E-state index contributed by atoms with van der Waals surface area (Å²) in [6, 6.07) is -0.520. The summed E-state index contributed by atoms with van der Waals surface area (Å²) >= 11 is 0. The molecule has 1 saturated heterocycles. The lowest BCUT2D eigenvalue weighted by Crippen LogP contribution is -2.52. The summed E-state index contributed by atoms with van der Waals surface area (Å²) in [7, 11) is 3.06. The first kappa shape index (κ1) is 15.8. The summed E-state index contributed by atoms with van der Waals surface area (Å²) in [6.07, 6.45) is 1.89. The lowest BCUT2D eigenvalue weighted by Gasteiger charge is -2.32. The summed E-state index contributed by atoms with van der Waals surface area (Å²) < 4.78 is 9.91. The fourth-order valence-electron chi connectivity index (χ4n) is 2.30. The third kappa shape index (κ3) is 4.70. The number of likely N-dealkylation sites (N-methyl/N-ethyl adjacent to an activating group) is 1. The van der Waals surface area contributed by atoms with Gasteiger partial charge in [-0.05, 0) is 25.2 Å². The monoisotopic (exact) mass is 272 g/mol. The first-order valence-electron chi connectivity index (χ1n) is 6.77. The first-order valence-corrected chi connectivity index (χ1v) is 6.77. The molecule has 0 spiro atoms. The highest BCUT2D eigenvalue weighted by Gasteiger charge is 2.33. The minimum Gasteiger partial charge on any atom is -0.453 e. The van der Waals surface area contributed by atoms with Crippen molar-refractivity contribution in [3.05, 3.63) is 0 Å². The Balaban J connectivity index is 2.72. The molecule has 0 bridgehead atoms. The molecule has 0 aromatic heterocycles. The topological polar surface area (TPSA) is 67.9 Å². The first-order chi connectivity index (χ1) is 9.10. The molecule has 1 atom stereocenters. The zero-order chi connectivity index (χ0) is 14.3. The highest BCUT2D eigenvalue weighted by atomic mass is 16.5. The number of hydrogen-bond acceptors (Lipinski definition) is 4. The Morgan fingerprint density at radius 2 is 2.05 bits per heavy atom. The molecular formula is C13H24N2O4. The van der Waals surface area contributed by atoms with Gasteiger partial charge in [0.25, 0.3) is 0 Å². The molecule has 0 aromatic carbocycles. The molecule has 1 unspecified atom stereocenters. The van der Waals surface area contributed by atoms with Crippen LogP contribution in [0.4, 0.5) is 4.79 Å². The van der Waals surface area contributed by atoms with Gasteiger partial charge >= 0.3 is 6.09 Å². The Morgan fingerprint density at radius 1 is 1.42 bits per heavy atom. The molecular weight excluding hydrogens is 248 g/mol. The highest BCUT2D eigenvalue weighted by Crippen LogP contribution is 2.20. The van der Waals surface area contributed by atoms with E-state index in [4.69, 9.17) is 4.74 Å². The molecule has 0 aliphatic carbocycles. The molecule has 6 heteroatoms. The normalized spacial score (nSPS) is 17.6. The average Bonchev–Trinajstić information content (AvgIpc) is 2.44. The molecule has 0 radical (unpaired) electrons. The van der Waals surface area contributed by atoms with Gasteiger partial charge in [0.05, 0.1) is 7.11 Å². The van der Waals surface area contributed by atoms with Crippen LogP contribution < -0.4 is 5.32 Å². The smallest absolute Gasteiger partial charge is 0.407 e.